The first-order chi connectivity index (χ1) is 23.0. The number of carbonyl (C=O) groups excluding carboxylic acids is 4. The summed E-state index contributed by atoms with van der Waals surface area (Å²) in [5.41, 5.74) is 2.76. The molecule has 2 aliphatic heterocycles. The summed E-state index contributed by atoms with van der Waals surface area (Å²) in [5, 5.41) is 8.56. The van der Waals surface area contributed by atoms with Crippen molar-refractivity contribution in [1.82, 2.24) is 24.3 Å². The molecule has 3 aromatic rings. The highest BCUT2D eigenvalue weighted by Gasteiger charge is 2.32. The zero-order chi connectivity index (χ0) is 34.4. The number of aromatic nitrogens is 2. The third-order valence-electron chi connectivity index (χ3n) is 8.35. The average molecular weight is 661 g/mol. The normalized spacial score (nSPS) is 15.2. The summed E-state index contributed by atoms with van der Waals surface area (Å²) in [7, 11) is 8.94. The van der Waals surface area contributed by atoms with Crippen molar-refractivity contribution in [2.45, 2.75) is 38.1 Å². The van der Waals surface area contributed by atoms with Gasteiger partial charge in [0.25, 0.3) is 17.7 Å². The Labute approximate surface area is 280 Å². The molecule has 0 saturated carbocycles. The summed E-state index contributed by atoms with van der Waals surface area (Å²) in [5.74, 6) is -0.00237. The lowest BCUT2D eigenvalue weighted by molar-refractivity contribution is -0.116. The molecule has 1 aromatic carbocycles. The van der Waals surface area contributed by atoms with Crippen LogP contribution in [-0.2, 0) is 18.9 Å². The lowest BCUT2D eigenvalue weighted by atomic mass is 10.1. The van der Waals surface area contributed by atoms with Gasteiger partial charge < -0.3 is 44.4 Å². The number of aliphatic imine (C=N–C) groups is 1. The molecule has 1 atom stereocenters. The van der Waals surface area contributed by atoms with Crippen LogP contribution in [0.25, 0.3) is 0 Å². The van der Waals surface area contributed by atoms with Crippen LogP contribution in [0.15, 0.2) is 41.7 Å². The lowest BCUT2D eigenvalue weighted by Gasteiger charge is -2.20. The second kappa shape index (κ2) is 15.2. The summed E-state index contributed by atoms with van der Waals surface area (Å²) in [6, 6.07) is 6.61. The van der Waals surface area contributed by atoms with Gasteiger partial charge >= 0.3 is 0 Å². The van der Waals surface area contributed by atoms with Crippen molar-refractivity contribution in [3.8, 4) is 11.5 Å². The van der Waals surface area contributed by atoms with E-state index in [1.165, 1.54) is 7.11 Å². The first-order valence-corrected chi connectivity index (χ1v) is 16.1. The standard InChI is InChI=1S/C34H44N8O6/c1-39(2)12-8-11-35-32(44)27-16-23(21-40(27)3)38-33(45)28-15-22(20-41(28)4)37-31(43)10-7-14-48-30-18-26-25(17-29(30)47-5)34(46)42-13-6-9-24(42)19-36-26/h15-21,24H,6-14H2,1-5H3,(H,35,44)(H,37,43)(H,38,45)/t24-/m0/s1. The fourth-order valence-electron chi connectivity index (χ4n) is 5.86. The van der Waals surface area contributed by atoms with Crippen LogP contribution in [0, 0.1) is 0 Å². The SMILES string of the molecule is COc1cc2c(cc1OCCCC(=O)Nc1cc(C(=O)Nc3cc(C(=O)NCCCN(C)C)n(C)c3)n(C)c1)N=C[C@@H]1CCCN1C2=O. The van der Waals surface area contributed by atoms with Crippen molar-refractivity contribution in [2.75, 3.05) is 58.1 Å². The number of fused-ring (bicyclic) bond motifs is 2. The number of methoxy groups -OCH3 is 1. The van der Waals surface area contributed by atoms with E-state index in [1.54, 1.807) is 59.9 Å². The molecular formula is C34H44N8O6. The van der Waals surface area contributed by atoms with Crippen molar-refractivity contribution in [3.63, 3.8) is 0 Å². The third-order valence-corrected chi connectivity index (χ3v) is 8.35. The maximum atomic E-state index is 13.1. The number of hydrogen-bond donors (Lipinski definition) is 3. The number of nitrogens with zero attached hydrogens (tertiary/aromatic N) is 5. The van der Waals surface area contributed by atoms with E-state index in [0.717, 1.165) is 25.8 Å². The number of benzene rings is 1. The number of hydrogen-bond acceptors (Lipinski definition) is 8. The lowest BCUT2D eigenvalue weighted by Crippen LogP contribution is -2.35. The number of rotatable bonds is 14. The Bertz CT molecular complexity index is 1710. The molecule has 2 aliphatic rings. The predicted octanol–water partition coefficient (Wildman–Crippen LogP) is 3.42. The minimum Gasteiger partial charge on any atom is -0.493 e. The largest absolute Gasteiger partial charge is 0.493 e. The van der Waals surface area contributed by atoms with Crippen LogP contribution in [0.4, 0.5) is 17.1 Å². The molecule has 4 amide bonds. The van der Waals surface area contributed by atoms with Gasteiger partial charge in [-0.05, 0) is 64.5 Å². The number of aryl methyl sites for hydroxylation is 2. The molecule has 4 heterocycles. The summed E-state index contributed by atoms with van der Waals surface area (Å²) in [6.07, 6.45) is 8.45. The van der Waals surface area contributed by atoms with E-state index in [4.69, 9.17) is 9.47 Å². The Morgan fingerprint density at radius 3 is 2.38 bits per heavy atom. The van der Waals surface area contributed by atoms with E-state index in [9.17, 15) is 19.2 Å². The van der Waals surface area contributed by atoms with Crippen molar-refractivity contribution in [2.24, 2.45) is 19.1 Å². The van der Waals surface area contributed by atoms with Gasteiger partial charge in [0.1, 0.15) is 11.4 Å². The number of carbonyl (C=O) groups is 4. The highest BCUT2D eigenvalue weighted by atomic mass is 16.5. The van der Waals surface area contributed by atoms with Gasteiger partial charge in [-0.3, -0.25) is 24.2 Å². The van der Waals surface area contributed by atoms with Crippen molar-refractivity contribution in [1.29, 1.82) is 0 Å². The Balaban J connectivity index is 1.10. The quantitative estimate of drug-likeness (QED) is 0.224. The van der Waals surface area contributed by atoms with Crippen LogP contribution < -0.4 is 25.4 Å². The molecule has 0 aliphatic carbocycles. The van der Waals surface area contributed by atoms with Crippen LogP contribution in [0.5, 0.6) is 11.5 Å². The molecule has 0 bridgehead atoms. The van der Waals surface area contributed by atoms with Crippen molar-refractivity contribution < 1.29 is 28.7 Å². The second-order valence-corrected chi connectivity index (χ2v) is 12.3. The molecule has 14 nitrogen and oxygen atoms in total. The minimum absolute atomic E-state index is 0.00793. The number of amides is 4. The number of nitrogens with one attached hydrogen (secondary N) is 3. The fourth-order valence-corrected chi connectivity index (χ4v) is 5.86. The van der Waals surface area contributed by atoms with Gasteiger partial charge in [0.15, 0.2) is 11.5 Å². The van der Waals surface area contributed by atoms with E-state index < -0.39 is 0 Å². The molecule has 1 fully saturated rings. The molecule has 48 heavy (non-hydrogen) atoms. The van der Waals surface area contributed by atoms with Crippen LogP contribution in [0.3, 0.4) is 0 Å². The topological polar surface area (TPSA) is 152 Å². The van der Waals surface area contributed by atoms with Crippen LogP contribution in [0.2, 0.25) is 0 Å². The van der Waals surface area contributed by atoms with Gasteiger partial charge in [-0.25, -0.2) is 0 Å². The number of ether oxygens (including phenoxy) is 2. The van der Waals surface area contributed by atoms with Gasteiger partial charge in [0.2, 0.25) is 5.91 Å². The zero-order valence-electron chi connectivity index (χ0n) is 28.2. The highest BCUT2D eigenvalue weighted by molar-refractivity contribution is 6.05. The molecule has 0 spiro atoms. The highest BCUT2D eigenvalue weighted by Crippen LogP contribution is 2.38. The second-order valence-electron chi connectivity index (χ2n) is 12.3. The monoisotopic (exact) mass is 660 g/mol. The summed E-state index contributed by atoms with van der Waals surface area (Å²) >= 11 is 0. The molecule has 14 heteroatoms. The molecule has 1 saturated heterocycles. The minimum atomic E-state index is -0.379. The van der Waals surface area contributed by atoms with E-state index in [1.807, 2.05) is 25.2 Å². The van der Waals surface area contributed by atoms with E-state index in [2.05, 4.69) is 25.8 Å². The molecule has 3 N–H and O–H groups in total. The maximum Gasteiger partial charge on any atom is 0.272 e. The van der Waals surface area contributed by atoms with Crippen LogP contribution >= 0.6 is 0 Å². The van der Waals surface area contributed by atoms with Crippen LogP contribution in [-0.4, -0.2) is 102 Å². The van der Waals surface area contributed by atoms with Gasteiger partial charge in [0.05, 0.1) is 42.4 Å². The molecular weight excluding hydrogens is 616 g/mol. The van der Waals surface area contributed by atoms with E-state index in [-0.39, 0.29) is 42.7 Å². The summed E-state index contributed by atoms with van der Waals surface area (Å²) in [4.78, 5) is 59.9. The van der Waals surface area contributed by atoms with Gasteiger partial charge in [-0.2, -0.15) is 0 Å². The summed E-state index contributed by atoms with van der Waals surface area (Å²) < 4.78 is 14.7. The Morgan fingerprint density at radius 2 is 1.67 bits per heavy atom. The predicted molar refractivity (Wildman–Crippen MR) is 183 cm³/mol. The average Bonchev–Trinajstić information content (AvgIpc) is 3.75. The smallest absolute Gasteiger partial charge is 0.272 e. The number of anilines is 2. The van der Waals surface area contributed by atoms with Crippen molar-refractivity contribution >= 4 is 46.9 Å². The fraction of sp³-hybridized carbons (Fsp3) is 0.441. The van der Waals surface area contributed by atoms with Gasteiger partial charge in [0, 0.05) is 58.3 Å². The zero-order valence-corrected chi connectivity index (χ0v) is 28.2. The Morgan fingerprint density at radius 1 is 0.958 bits per heavy atom. The van der Waals surface area contributed by atoms with Gasteiger partial charge in [-0.15, -0.1) is 0 Å². The Hall–Kier alpha value is -5.11. The molecule has 0 radical (unpaired) electrons. The Kier molecular flexibility index (Phi) is 10.8. The van der Waals surface area contributed by atoms with Crippen LogP contribution in [0.1, 0.15) is 63.4 Å². The molecule has 5 rings (SSSR count). The van der Waals surface area contributed by atoms with E-state index >= 15 is 0 Å². The van der Waals surface area contributed by atoms with Crippen molar-refractivity contribution in [3.05, 3.63) is 53.6 Å². The molecule has 2 aromatic heterocycles. The first kappa shape index (κ1) is 34.2. The molecule has 256 valence electrons. The third kappa shape index (κ3) is 8.05. The molecule has 0 unspecified atom stereocenters. The first-order valence-electron chi connectivity index (χ1n) is 16.1. The summed E-state index contributed by atoms with van der Waals surface area (Å²) in [6.45, 7) is 2.37. The van der Waals surface area contributed by atoms with E-state index in [0.29, 0.717) is 65.0 Å². The maximum absolute atomic E-state index is 13.1. The van der Waals surface area contributed by atoms with Gasteiger partial charge in [-0.1, -0.05) is 0 Å².